The monoisotopic (exact) mass is 303 g/mol. The van der Waals surface area contributed by atoms with Crippen molar-refractivity contribution >= 4 is 27.4 Å². The molecule has 1 saturated carbocycles. The minimum Gasteiger partial charge on any atom is -0.370 e. The molecule has 1 aliphatic carbocycles. The van der Waals surface area contributed by atoms with Gasteiger partial charge in [-0.05, 0) is 45.1 Å². The van der Waals surface area contributed by atoms with Crippen LogP contribution >= 0.6 is 11.3 Å². The Kier molecular flexibility index (Phi) is 4.16. The quantitative estimate of drug-likeness (QED) is 0.863. The Morgan fingerprint density at radius 1 is 1.24 bits per heavy atom. The molecule has 2 aromatic rings. The van der Waals surface area contributed by atoms with Crippen molar-refractivity contribution in [2.45, 2.75) is 59.3 Å². The Morgan fingerprint density at radius 2 is 2.05 bits per heavy atom. The standard InChI is InChI=1S/C17H25N3S/c1-5-18-16-14-11(3)12(4)21-17(14)20-15(19-16)13-8-6-7-10(2)9-13/h10,13H,5-9H2,1-4H3,(H,18,19,20). The summed E-state index contributed by atoms with van der Waals surface area (Å²) in [4.78, 5) is 12.3. The van der Waals surface area contributed by atoms with Crippen molar-refractivity contribution in [3.05, 3.63) is 16.3 Å². The third-order valence-electron chi connectivity index (χ3n) is 4.69. The summed E-state index contributed by atoms with van der Waals surface area (Å²) in [5.74, 6) is 3.44. The fourth-order valence-electron chi connectivity index (χ4n) is 3.41. The van der Waals surface area contributed by atoms with Crippen LogP contribution in [0.15, 0.2) is 0 Å². The summed E-state index contributed by atoms with van der Waals surface area (Å²) in [6, 6.07) is 0. The maximum Gasteiger partial charge on any atom is 0.138 e. The van der Waals surface area contributed by atoms with E-state index >= 15 is 0 Å². The van der Waals surface area contributed by atoms with Crippen LogP contribution in [0.2, 0.25) is 0 Å². The van der Waals surface area contributed by atoms with Crippen LogP contribution in [-0.2, 0) is 0 Å². The number of hydrogen-bond donors (Lipinski definition) is 1. The van der Waals surface area contributed by atoms with E-state index in [9.17, 15) is 0 Å². The number of fused-ring (bicyclic) bond motifs is 1. The number of nitrogens with zero attached hydrogens (tertiary/aromatic N) is 2. The first-order chi connectivity index (χ1) is 10.1. The molecule has 4 heteroatoms. The molecule has 3 rings (SSSR count). The Balaban J connectivity index is 2.07. The molecule has 0 amide bonds. The smallest absolute Gasteiger partial charge is 0.138 e. The van der Waals surface area contributed by atoms with Crippen molar-refractivity contribution in [2.24, 2.45) is 5.92 Å². The molecule has 114 valence electrons. The van der Waals surface area contributed by atoms with Crippen LogP contribution < -0.4 is 5.32 Å². The minimum absolute atomic E-state index is 0.540. The van der Waals surface area contributed by atoms with E-state index < -0.39 is 0 Å². The van der Waals surface area contributed by atoms with Crippen molar-refractivity contribution in [2.75, 3.05) is 11.9 Å². The first-order valence-corrected chi connectivity index (χ1v) is 8.93. The van der Waals surface area contributed by atoms with Gasteiger partial charge in [-0.3, -0.25) is 0 Å². The highest BCUT2D eigenvalue weighted by molar-refractivity contribution is 7.18. The molecule has 1 N–H and O–H groups in total. The lowest BCUT2D eigenvalue weighted by Gasteiger charge is -2.25. The first-order valence-electron chi connectivity index (χ1n) is 8.11. The van der Waals surface area contributed by atoms with Crippen LogP contribution in [0.1, 0.15) is 61.7 Å². The number of aryl methyl sites for hydroxylation is 2. The Morgan fingerprint density at radius 3 is 2.76 bits per heavy atom. The second-order valence-corrected chi connectivity index (χ2v) is 7.60. The van der Waals surface area contributed by atoms with E-state index in [0.29, 0.717) is 5.92 Å². The number of rotatable bonds is 3. The fraction of sp³-hybridized carbons (Fsp3) is 0.647. The molecule has 1 fully saturated rings. The van der Waals surface area contributed by atoms with Gasteiger partial charge in [-0.15, -0.1) is 11.3 Å². The molecule has 1 aliphatic rings. The Labute approximate surface area is 131 Å². The van der Waals surface area contributed by atoms with Crippen LogP contribution in [-0.4, -0.2) is 16.5 Å². The number of anilines is 1. The molecule has 2 unspecified atom stereocenters. The third kappa shape index (κ3) is 2.78. The highest BCUT2D eigenvalue weighted by Gasteiger charge is 2.24. The van der Waals surface area contributed by atoms with Crippen molar-refractivity contribution < 1.29 is 0 Å². The highest BCUT2D eigenvalue weighted by atomic mass is 32.1. The van der Waals surface area contributed by atoms with Gasteiger partial charge < -0.3 is 5.32 Å². The van der Waals surface area contributed by atoms with Gasteiger partial charge in [0, 0.05) is 17.3 Å². The molecular weight excluding hydrogens is 278 g/mol. The summed E-state index contributed by atoms with van der Waals surface area (Å²) in [5.41, 5.74) is 1.33. The summed E-state index contributed by atoms with van der Waals surface area (Å²) >= 11 is 1.81. The zero-order chi connectivity index (χ0) is 15.0. The van der Waals surface area contributed by atoms with Crippen LogP contribution in [0.5, 0.6) is 0 Å². The summed E-state index contributed by atoms with van der Waals surface area (Å²) < 4.78 is 0. The van der Waals surface area contributed by atoms with Crippen molar-refractivity contribution in [1.82, 2.24) is 9.97 Å². The average molecular weight is 303 g/mol. The van der Waals surface area contributed by atoms with Crippen LogP contribution in [0, 0.1) is 19.8 Å². The molecule has 0 aromatic carbocycles. The minimum atomic E-state index is 0.540. The molecule has 0 saturated heterocycles. The second-order valence-electron chi connectivity index (χ2n) is 6.39. The van der Waals surface area contributed by atoms with E-state index in [2.05, 4.69) is 33.0 Å². The second kappa shape index (κ2) is 5.91. The van der Waals surface area contributed by atoms with Gasteiger partial charge in [0.2, 0.25) is 0 Å². The van der Waals surface area contributed by atoms with E-state index in [4.69, 9.17) is 9.97 Å². The number of hydrogen-bond acceptors (Lipinski definition) is 4. The normalized spacial score (nSPS) is 22.7. The molecule has 2 heterocycles. The van der Waals surface area contributed by atoms with E-state index in [0.717, 1.165) is 28.9 Å². The summed E-state index contributed by atoms with van der Waals surface area (Å²) in [7, 11) is 0. The third-order valence-corrected chi connectivity index (χ3v) is 5.79. The van der Waals surface area contributed by atoms with Crippen molar-refractivity contribution in [3.8, 4) is 0 Å². The highest BCUT2D eigenvalue weighted by Crippen LogP contribution is 2.38. The molecule has 0 aliphatic heterocycles. The van der Waals surface area contributed by atoms with Crippen LogP contribution in [0.3, 0.4) is 0 Å². The largest absolute Gasteiger partial charge is 0.370 e. The first kappa shape index (κ1) is 14.8. The van der Waals surface area contributed by atoms with Gasteiger partial charge in [0.25, 0.3) is 0 Å². The van der Waals surface area contributed by atoms with Gasteiger partial charge >= 0.3 is 0 Å². The molecule has 21 heavy (non-hydrogen) atoms. The summed E-state index contributed by atoms with van der Waals surface area (Å²) in [6.45, 7) is 9.75. The average Bonchev–Trinajstić information content (AvgIpc) is 2.74. The van der Waals surface area contributed by atoms with Gasteiger partial charge in [0.05, 0.1) is 5.39 Å². The maximum absolute atomic E-state index is 4.93. The Hall–Kier alpha value is -1.16. The topological polar surface area (TPSA) is 37.8 Å². The summed E-state index contributed by atoms with van der Waals surface area (Å²) in [5, 5.41) is 4.68. The molecule has 2 atom stereocenters. The zero-order valence-corrected chi connectivity index (χ0v) is 14.3. The summed E-state index contributed by atoms with van der Waals surface area (Å²) in [6.07, 6.45) is 5.15. The van der Waals surface area contributed by atoms with E-state index in [1.54, 1.807) is 11.3 Å². The molecule has 2 aromatic heterocycles. The zero-order valence-electron chi connectivity index (χ0n) is 13.5. The van der Waals surface area contributed by atoms with Crippen LogP contribution in [0.25, 0.3) is 10.2 Å². The predicted molar refractivity (Wildman–Crippen MR) is 91.4 cm³/mol. The molecule has 3 nitrogen and oxygen atoms in total. The fourth-order valence-corrected chi connectivity index (χ4v) is 4.45. The maximum atomic E-state index is 4.93. The number of nitrogens with one attached hydrogen (secondary N) is 1. The number of aromatic nitrogens is 2. The van der Waals surface area contributed by atoms with Gasteiger partial charge in [-0.25, -0.2) is 9.97 Å². The number of thiophene rings is 1. The van der Waals surface area contributed by atoms with Crippen molar-refractivity contribution in [1.29, 1.82) is 0 Å². The SMILES string of the molecule is CCNc1nc(C2CCCC(C)C2)nc2sc(C)c(C)c12. The lowest BCUT2D eigenvalue weighted by atomic mass is 9.82. The molecule has 0 radical (unpaired) electrons. The predicted octanol–water partition coefficient (Wildman–Crippen LogP) is 5.03. The van der Waals surface area contributed by atoms with Gasteiger partial charge in [-0.2, -0.15) is 0 Å². The van der Waals surface area contributed by atoms with E-state index in [1.165, 1.54) is 41.5 Å². The van der Waals surface area contributed by atoms with Gasteiger partial charge in [0.15, 0.2) is 0 Å². The van der Waals surface area contributed by atoms with Crippen molar-refractivity contribution in [3.63, 3.8) is 0 Å². The lowest BCUT2D eigenvalue weighted by Crippen LogP contribution is -2.15. The van der Waals surface area contributed by atoms with E-state index in [-0.39, 0.29) is 0 Å². The van der Waals surface area contributed by atoms with E-state index in [1.807, 2.05) is 0 Å². The Bertz CT molecular complexity index is 647. The molecule has 0 spiro atoms. The van der Waals surface area contributed by atoms with Gasteiger partial charge in [0.1, 0.15) is 16.5 Å². The van der Waals surface area contributed by atoms with Crippen LogP contribution in [0.4, 0.5) is 5.82 Å². The lowest BCUT2D eigenvalue weighted by molar-refractivity contribution is 0.336. The van der Waals surface area contributed by atoms with Gasteiger partial charge in [-0.1, -0.05) is 19.8 Å². The molecular formula is C17H25N3S. The molecule has 0 bridgehead atoms.